The number of aryl methyl sites for hydroxylation is 1. The van der Waals surface area contributed by atoms with Gasteiger partial charge < -0.3 is 4.74 Å². The highest BCUT2D eigenvalue weighted by atomic mass is 32.2. The molecule has 4 rings (SSSR count). The van der Waals surface area contributed by atoms with Gasteiger partial charge in [-0.1, -0.05) is 6.07 Å². The second-order valence-corrected chi connectivity index (χ2v) is 10.6. The van der Waals surface area contributed by atoms with E-state index in [0.717, 1.165) is 36.4 Å². The van der Waals surface area contributed by atoms with E-state index < -0.39 is 10.0 Å². The number of nitrogens with zero attached hydrogens (tertiary/aromatic N) is 2. The molecule has 1 aliphatic carbocycles. The van der Waals surface area contributed by atoms with E-state index in [9.17, 15) is 8.42 Å². The smallest absolute Gasteiger partial charge is 0.217 e. The molecular formula is C16H22N2O3S2. The SMILES string of the molecule is Cc1cccc(CO[C@@H]2CSC3(C2)CN(S(=O)(=O)C2CC2)C3)n1. The largest absolute Gasteiger partial charge is 0.371 e. The molecule has 2 saturated heterocycles. The normalized spacial score (nSPS) is 27.3. The Morgan fingerprint density at radius 1 is 1.39 bits per heavy atom. The predicted molar refractivity (Wildman–Crippen MR) is 90.9 cm³/mol. The van der Waals surface area contributed by atoms with Crippen LogP contribution in [0.5, 0.6) is 0 Å². The van der Waals surface area contributed by atoms with Gasteiger partial charge in [0.05, 0.1) is 23.7 Å². The Morgan fingerprint density at radius 3 is 2.87 bits per heavy atom. The molecule has 7 heteroatoms. The second kappa shape index (κ2) is 5.72. The van der Waals surface area contributed by atoms with Crippen molar-refractivity contribution in [2.45, 2.75) is 48.9 Å². The van der Waals surface area contributed by atoms with Crippen LogP contribution in [0, 0.1) is 6.92 Å². The van der Waals surface area contributed by atoms with Crippen LogP contribution >= 0.6 is 11.8 Å². The summed E-state index contributed by atoms with van der Waals surface area (Å²) in [5.41, 5.74) is 1.96. The van der Waals surface area contributed by atoms with Crippen LogP contribution in [0.3, 0.4) is 0 Å². The summed E-state index contributed by atoms with van der Waals surface area (Å²) >= 11 is 1.88. The Hall–Kier alpha value is -0.630. The molecule has 3 heterocycles. The molecule has 5 nitrogen and oxygen atoms in total. The third-order valence-electron chi connectivity index (χ3n) is 4.82. The first kappa shape index (κ1) is 15.9. The topological polar surface area (TPSA) is 59.5 Å². The van der Waals surface area contributed by atoms with Crippen molar-refractivity contribution in [1.29, 1.82) is 0 Å². The molecule has 3 fully saturated rings. The van der Waals surface area contributed by atoms with E-state index in [0.29, 0.717) is 19.7 Å². The molecule has 1 atom stereocenters. The fourth-order valence-corrected chi connectivity index (χ4v) is 7.09. The number of sulfonamides is 1. The van der Waals surface area contributed by atoms with E-state index in [1.165, 1.54) is 0 Å². The maximum Gasteiger partial charge on any atom is 0.217 e. The van der Waals surface area contributed by atoms with Gasteiger partial charge in [-0.15, -0.1) is 11.8 Å². The van der Waals surface area contributed by atoms with Crippen LogP contribution in [0.4, 0.5) is 0 Å². The highest BCUT2D eigenvalue weighted by molar-refractivity contribution is 8.01. The molecule has 0 bridgehead atoms. The Labute approximate surface area is 141 Å². The van der Waals surface area contributed by atoms with Crippen molar-refractivity contribution in [1.82, 2.24) is 9.29 Å². The standard InChI is InChI=1S/C16H22N2O3S2/c1-12-3-2-4-13(17-12)8-21-14-7-16(22-9-14)10-18(11-16)23(19,20)15-5-6-15/h2-4,14-15H,5-11H2,1H3/t14-/m0/s1. The van der Waals surface area contributed by atoms with Crippen LogP contribution in [0.2, 0.25) is 0 Å². The summed E-state index contributed by atoms with van der Waals surface area (Å²) in [6.45, 7) is 3.85. The molecule has 1 spiro atoms. The lowest BCUT2D eigenvalue weighted by molar-refractivity contribution is 0.0380. The number of pyridine rings is 1. The predicted octanol–water partition coefficient (Wildman–Crippen LogP) is 1.96. The Balaban J connectivity index is 1.29. The monoisotopic (exact) mass is 354 g/mol. The van der Waals surface area contributed by atoms with Gasteiger partial charge in [0.15, 0.2) is 0 Å². The highest BCUT2D eigenvalue weighted by Crippen LogP contribution is 2.48. The van der Waals surface area contributed by atoms with Crippen LogP contribution in [-0.2, 0) is 21.4 Å². The summed E-state index contributed by atoms with van der Waals surface area (Å²) in [4.78, 5) is 4.46. The lowest BCUT2D eigenvalue weighted by Crippen LogP contribution is -2.61. The van der Waals surface area contributed by atoms with Gasteiger partial charge in [0.25, 0.3) is 0 Å². The maximum atomic E-state index is 12.2. The van der Waals surface area contributed by atoms with Gasteiger partial charge in [-0.05, 0) is 38.3 Å². The maximum absolute atomic E-state index is 12.2. The van der Waals surface area contributed by atoms with Crippen LogP contribution in [0.1, 0.15) is 30.7 Å². The van der Waals surface area contributed by atoms with Gasteiger partial charge in [0.1, 0.15) is 0 Å². The Kier molecular flexibility index (Phi) is 3.95. The molecule has 1 aromatic heterocycles. The first-order valence-corrected chi connectivity index (χ1v) is 10.6. The quantitative estimate of drug-likeness (QED) is 0.809. The van der Waals surface area contributed by atoms with Gasteiger partial charge in [0.2, 0.25) is 10.0 Å². The third-order valence-corrected chi connectivity index (χ3v) is 8.69. The van der Waals surface area contributed by atoms with Crippen molar-refractivity contribution in [2.24, 2.45) is 0 Å². The van der Waals surface area contributed by atoms with E-state index >= 15 is 0 Å². The van der Waals surface area contributed by atoms with E-state index in [1.807, 2.05) is 36.9 Å². The first-order valence-electron chi connectivity index (χ1n) is 8.14. The summed E-state index contributed by atoms with van der Waals surface area (Å²) in [6, 6.07) is 5.96. The molecule has 2 aliphatic heterocycles. The van der Waals surface area contributed by atoms with Crippen molar-refractivity contribution in [2.75, 3.05) is 18.8 Å². The molecule has 23 heavy (non-hydrogen) atoms. The van der Waals surface area contributed by atoms with Crippen molar-refractivity contribution in [3.63, 3.8) is 0 Å². The number of ether oxygens (including phenoxy) is 1. The summed E-state index contributed by atoms with van der Waals surface area (Å²) in [5.74, 6) is 0.948. The van der Waals surface area contributed by atoms with Crippen molar-refractivity contribution < 1.29 is 13.2 Å². The number of hydrogen-bond donors (Lipinski definition) is 0. The molecule has 1 saturated carbocycles. The minimum absolute atomic E-state index is 0.0899. The molecule has 0 radical (unpaired) electrons. The zero-order valence-electron chi connectivity index (χ0n) is 13.3. The van der Waals surface area contributed by atoms with Crippen molar-refractivity contribution in [3.8, 4) is 0 Å². The highest BCUT2D eigenvalue weighted by Gasteiger charge is 2.55. The average Bonchev–Trinajstić information content (AvgIpc) is 3.24. The molecule has 0 amide bonds. The zero-order chi connectivity index (χ0) is 16.1. The summed E-state index contributed by atoms with van der Waals surface area (Å²) < 4.78 is 32.2. The molecule has 3 aliphatic rings. The molecule has 126 valence electrons. The number of rotatable bonds is 5. The summed E-state index contributed by atoms with van der Waals surface area (Å²) in [6.07, 6.45) is 2.83. The molecule has 0 unspecified atom stereocenters. The molecular weight excluding hydrogens is 332 g/mol. The molecule has 1 aromatic rings. The average molecular weight is 354 g/mol. The first-order chi connectivity index (χ1) is 11.0. The van der Waals surface area contributed by atoms with Gasteiger partial charge in [0, 0.05) is 29.3 Å². The minimum atomic E-state index is -3.00. The van der Waals surface area contributed by atoms with E-state index in [-0.39, 0.29) is 16.1 Å². The zero-order valence-corrected chi connectivity index (χ0v) is 14.9. The van der Waals surface area contributed by atoms with E-state index in [4.69, 9.17) is 4.74 Å². The Morgan fingerprint density at radius 2 is 2.17 bits per heavy atom. The van der Waals surface area contributed by atoms with E-state index in [1.54, 1.807) is 4.31 Å². The summed E-state index contributed by atoms with van der Waals surface area (Å²) in [7, 11) is -3.00. The van der Waals surface area contributed by atoms with Crippen LogP contribution in [-0.4, -0.2) is 52.7 Å². The van der Waals surface area contributed by atoms with Gasteiger partial charge in [-0.2, -0.15) is 4.31 Å². The van der Waals surface area contributed by atoms with Crippen molar-refractivity contribution in [3.05, 3.63) is 29.6 Å². The van der Waals surface area contributed by atoms with Gasteiger partial charge in [-0.25, -0.2) is 8.42 Å². The Bertz CT molecular complexity index is 697. The van der Waals surface area contributed by atoms with Gasteiger partial charge >= 0.3 is 0 Å². The fourth-order valence-electron chi connectivity index (χ4n) is 3.37. The van der Waals surface area contributed by atoms with Crippen molar-refractivity contribution >= 4 is 21.8 Å². The third kappa shape index (κ3) is 3.16. The minimum Gasteiger partial charge on any atom is -0.371 e. The fraction of sp³-hybridized carbons (Fsp3) is 0.688. The number of thioether (sulfide) groups is 1. The molecule has 0 aromatic carbocycles. The van der Waals surface area contributed by atoms with Gasteiger partial charge in [-0.3, -0.25) is 4.98 Å². The van der Waals surface area contributed by atoms with Crippen LogP contribution in [0.25, 0.3) is 0 Å². The number of hydrogen-bond acceptors (Lipinski definition) is 5. The molecule has 0 N–H and O–H groups in total. The summed E-state index contributed by atoms with van der Waals surface area (Å²) in [5, 5.41) is -0.0919. The van der Waals surface area contributed by atoms with E-state index in [2.05, 4.69) is 4.98 Å². The van der Waals surface area contributed by atoms with Crippen LogP contribution in [0.15, 0.2) is 18.2 Å². The second-order valence-electron chi connectivity index (χ2n) is 6.91. The lowest BCUT2D eigenvalue weighted by atomic mass is 9.95. The lowest BCUT2D eigenvalue weighted by Gasteiger charge is -2.46. The van der Waals surface area contributed by atoms with Crippen LogP contribution < -0.4 is 0 Å². The number of aromatic nitrogens is 1.